The van der Waals surface area contributed by atoms with Gasteiger partial charge in [0.1, 0.15) is 27.2 Å². The van der Waals surface area contributed by atoms with Crippen molar-refractivity contribution in [2.75, 3.05) is 14.2 Å². The molecule has 0 spiro atoms. The van der Waals surface area contributed by atoms with E-state index in [1.807, 2.05) is 49.0 Å². The molecular formula is C36H47BrN10O8. The Bertz CT molecular complexity index is 1960. The minimum Gasteiger partial charge on any atom is -0.479 e. The van der Waals surface area contributed by atoms with Gasteiger partial charge in [-0.3, -0.25) is 20.4 Å². The first-order valence-electron chi connectivity index (χ1n) is 16.4. The van der Waals surface area contributed by atoms with Crippen molar-refractivity contribution in [3.05, 3.63) is 89.7 Å². The number of aryl methyl sites for hydroxylation is 2. The average molecular weight is 828 g/mol. The third kappa shape index (κ3) is 17.0. The predicted octanol–water partition coefficient (Wildman–Crippen LogP) is 5.23. The number of nitrogens with one attached hydrogen (secondary N) is 4. The van der Waals surface area contributed by atoms with Gasteiger partial charge in [0.2, 0.25) is 11.8 Å². The predicted molar refractivity (Wildman–Crippen MR) is 207 cm³/mol. The number of pyridine rings is 2. The molecule has 4 heterocycles. The van der Waals surface area contributed by atoms with Crippen LogP contribution in [0.2, 0.25) is 0 Å². The molecule has 0 saturated carbocycles. The van der Waals surface area contributed by atoms with Gasteiger partial charge >= 0.3 is 12.2 Å². The van der Waals surface area contributed by atoms with E-state index in [4.69, 9.17) is 18.9 Å². The molecular weight excluding hydrogens is 780 g/mol. The molecule has 0 aromatic carbocycles. The molecule has 0 atom stereocenters. The van der Waals surface area contributed by atoms with Gasteiger partial charge in [-0.2, -0.15) is 0 Å². The second kappa shape index (κ2) is 20.9. The number of ether oxygens (including phenoxy) is 4. The van der Waals surface area contributed by atoms with Crippen molar-refractivity contribution in [1.82, 2.24) is 50.8 Å². The van der Waals surface area contributed by atoms with Gasteiger partial charge in [0.15, 0.2) is 0 Å². The number of halogens is 1. The summed E-state index contributed by atoms with van der Waals surface area (Å²) in [5.41, 5.74) is 11.2. The Labute approximate surface area is 327 Å². The Morgan fingerprint density at radius 1 is 0.709 bits per heavy atom. The molecule has 0 bridgehead atoms. The molecule has 0 aliphatic rings. The maximum Gasteiger partial charge on any atom is 0.426 e. The van der Waals surface area contributed by atoms with Crippen molar-refractivity contribution >= 4 is 46.0 Å². The Kier molecular flexibility index (Phi) is 17.0. The van der Waals surface area contributed by atoms with E-state index in [0.29, 0.717) is 17.5 Å². The summed E-state index contributed by atoms with van der Waals surface area (Å²) >= 11 is 3.30. The van der Waals surface area contributed by atoms with E-state index in [1.54, 1.807) is 71.9 Å². The smallest absolute Gasteiger partial charge is 0.426 e. The minimum absolute atomic E-state index is 0.391. The average Bonchev–Trinajstić information content (AvgIpc) is 3.75. The lowest BCUT2D eigenvalue weighted by Crippen LogP contribution is -2.43. The van der Waals surface area contributed by atoms with Gasteiger partial charge in [-0.1, -0.05) is 6.58 Å². The molecule has 0 aliphatic heterocycles. The van der Waals surface area contributed by atoms with E-state index in [2.05, 4.69) is 64.1 Å². The Morgan fingerprint density at radius 2 is 1.16 bits per heavy atom. The summed E-state index contributed by atoms with van der Waals surface area (Å²) in [4.78, 5) is 61.7. The van der Waals surface area contributed by atoms with Gasteiger partial charge in [-0.25, -0.2) is 40.4 Å². The third-order valence-electron chi connectivity index (χ3n) is 6.00. The summed E-state index contributed by atoms with van der Waals surface area (Å²) in [6.45, 7) is 17.4. The van der Waals surface area contributed by atoms with Crippen LogP contribution in [-0.4, -0.2) is 78.5 Å². The standard InChI is InChI=1S/C18H23N5O4.C10H10BrN3O.C8H14N2O3/c1-12-10-23(11-19-12)14-8-6-13(20-16(14)26-5)7-9-15(24)21-22-17(25)27-18(2,3)4;1-7-5-14(6-12-7)8-3-4-9(11)13-10(8)15-2;1-5-6(11)9-10-7(12)13-8(2,3)4/h6-11H,1-5H3,(H,21,24)(H,22,25);3-6H,1-2H3;5H,1H2,2-4H3,(H,9,11)(H,10,12)/b9-7+;;. The molecule has 4 aromatic rings. The molecule has 55 heavy (non-hydrogen) atoms. The van der Waals surface area contributed by atoms with Crippen molar-refractivity contribution in [3.63, 3.8) is 0 Å². The van der Waals surface area contributed by atoms with E-state index in [0.717, 1.165) is 33.4 Å². The minimum atomic E-state index is -0.746. The Hall–Kier alpha value is -6.24. The maximum atomic E-state index is 11.8. The highest BCUT2D eigenvalue weighted by molar-refractivity contribution is 9.10. The van der Waals surface area contributed by atoms with Gasteiger partial charge in [-0.15, -0.1) is 0 Å². The number of rotatable bonds is 7. The Balaban J connectivity index is 0.000000315. The summed E-state index contributed by atoms with van der Waals surface area (Å²) in [7, 11) is 3.11. The van der Waals surface area contributed by atoms with Crippen LogP contribution in [0.5, 0.6) is 11.8 Å². The summed E-state index contributed by atoms with van der Waals surface area (Å²) in [6.07, 6.45) is 9.50. The third-order valence-corrected chi connectivity index (χ3v) is 6.44. The number of hydrogen-bond donors (Lipinski definition) is 4. The number of imidazole rings is 2. The number of aromatic nitrogens is 6. The van der Waals surface area contributed by atoms with Crippen molar-refractivity contribution in [2.45, 2.75) is 66.6 Å². The second-order valence-corrected chi connectivity index (χ2v) is 13.9. The second-order valence-electron chi connectivity index (χ2n) is 13.0. The van der Waals surface area contributed by atoms with Gasteiger partial charge in [-0.05, 0) is 108 Å². The lowest BCUT2D eigenvalue weighted by Gasteiger charge is -2.19. The van der Waals surface area contributed by atoms with E-state index in [-0.39, 0.29) is 0 Å². The van der Waals surface area contributed by atoms with Crippen LogP contribution in [0.15, 0.2) is 72.6 Å². The highest BCUT2D eigenvalue weighted by Crippen LogP contribution is 2.23. The zero-order valence-electron chi connectivity index (χ0n) is 32.4. The fourth-order valence-electron chi connectivity index (χ4n) is 3.84. The van der Waals surface area contributed by atoms with E-state index in [1.165, 1.54) is 19.3 Å². The van der Waals surface area contributed by atoms with Crippen molar-refractivity contribution in [1.29, 1.82) is 0 Å². The molecule has 0 unspecified atom stereocenters. The molecule has 4 amide bonds. The van der Waals surface area contributed by atoms with Gasteiger partial charge in [0.25, 0.3) is 11.8 Å². The lowest BCUT2D eigenvalue weighted by molar-refractivity contribution is -0.118. The number of carbonyl (C=O) groups excluding carboxylic acids is 4. The van der Waals surface area contributed by atoms with Crippen LogP contribution in [0.1, 0.15) is 58.6 Å². The SMILES string of the molecule is C=CC(=O)NNC(=O)OC(C)(C)C.COc1nc(/C=C/C(=O)NNC(=O)OC(C)(C)C)ccc1-n1cnc(C)c1.COc1nc(Br)ccc1-n1cnc(C)c1. The lowest BCUT2D eigenvalue weighted by atomic mass is 10.2. The first kappa shape index (κ1) is 44.9. The zero-order chi connectivity index (χ0) is 41.3. The summed E-state index contributed by atoms with van der Waals surface area (Å²) < 4.78 is 24.8. The van der Waals surface area contributed by atoms with E-state index in [9.17, 15) is 19.2 Å². The number of nitrogens with zero attached hydrogens (tertiary/aromatic N) is 6. The van der Waals surface area contributed by atoms with Crippen LogP contribution in [0.3, 0.4) is 0 Å². The van der Waals surface area contributed by atoms with Crippen molar-refractivity contribution in [3.8, 4) is 23.1 Å². The van der Waals surface area contributed by atoms with Crippen LogP contribution in [-0.2, 0) is 19.1 Å². The van der Waals surface area contributed by atoms with Gasteiger partial charge in [0.05, 0.1) is 44.0 Å². The van der Waals surface area contributed by atoms with Crippen LogP contribution in [0.4, 0.5) is 9.59 Å². The molecule has 0 radical (unpaired) electrons. The first-order chi connectivity index (χ1) is 25.7. The van der Waals surface area contributed by atoms with Crippen LogP contribution < -0.4 is 31.2 Å². The fraction of sp³-hybridized carbons (Fsp3) is 0.333. The zero-order valence-corrected chi connectivity index (χ0v) is 34.0. The summed E-state index contributed by atoms with van der Waals surface area (Å²) in [5, 5.41) is 0. The number of carbonyl (C=O) groups is 4. The molecule has 4 rings (SSSR count). The summed E-state index contributed by atoms with van der Waals surface area (Å²) in [6, 6.07) is 7.34. The van der Waals surface area contributed by atoms with E-state index >= 15 is 0 Å². The van der Waals surface area contributed by atoms with E-state index < -0.39 is 35.2 Å². The van der Waals surface area contributed by atoms with Crippen molar-refractivity contribution in [2.24, 2.45) is 0 Å². The van der Waals surface area contributed by atoms with Gasteiger partial charge in [0, 0.05) is 18.5 Å². The topological polar surface area (TPSA) is 215 Å². The molecule has 0 fully saturated rings. The Morgan fingerprint density at radius 3 is 1.58 bits per heavy atom. The highest BCUT2D eigenvalue weighted by Gasteiger charge is 2.17. The quantitative estimate of drug-likeness (QED) is 0.107. The normalized spacial score (nSPS) is 10.7. The van der Waals surface area contributed by atoms with Crippen LogP contribution >= 0.6 is 15.9 Å². The largest absolute Gasteiger partial charge is 0.479 e. The fourth-order valence-corrected chi connectivity index (χ4v) is 4.13. The maximum absolute atomic E-state index is 11.8. The van der Waals surface area contributed by atoms with Gasteiger partial charge < -0.3 is 28.1 Å². The molecule has 0 aliphatic carbocycles. The molecule has 18 nitrogen and oxygen atoms in total. The van der Waals surface area contributed by atoms with Crippen LogP contribution in [0, 0.1) is 13.8 Å². The molecule has 296 valence electrons. The number of methoxy groups -OCH3 is 2. The number of amides is 4. The van der Waals surface area contributed by atoms with Crippen LogP contribution in [0.25, 0.3) is 17.5 Å². The number of hydrazine groups is 2. The monoisotopic (exact) mass is 826 g/mol. The molecule has 4 N–H and O–H groups in total. The first-order valence-corrected chi connectivity index (χ1v) is 17.2. The number of hydrogen-bond acceptors (Lipinski definition) is 12. The summed E-state index contributed by atoms with van der Waals surface area (Å²) in [5.74, 6) is -0.0644. The molecule has 0 saturated heterocycles. The highest BCUT2D eigenvalue weighted by atomic mass is 79.9. The molecule has 4 aromatic heterocycles. The molecule has 19 heteroatoms. The van der Waals surface area contributed by atoms with Crippen molar-refractivity contribution < 1.29 is 38.1 Å².